The van der Waals surface area contributed by atoms with Gasteiger partial charge in [0.2, 0.25) is 5.95 Å². The Morgan fingerprint density at radius 2 is 2.07 bits per heavy atom. The molecule has 1 fully saturated rings. The highest BCUT2D eigenvalue weighted by atomic mass is 35.5. The summed E-state index contributed by atoms with van der Waals surface area (Å²) in [7, 11) is 0. The molecule has 1 aromatic heterocycles. The van der Waals surface area contributed by atoms with Crippen LogP contribution in [0.5, 0.6) is 5.75 Å². The van der Waals surface area contributed by atoms with Crippen LogP contribution in [-0.4, -0.2) is 67.5 Å². The summed E-state index contributed by atoms with van der Waals surface area (Å²) < 4.78 is 12.2. The Balaban J connectivity index is 2.31. The van der Waals surface area contributed by atoms with Gasteiger partial charge in [0.05, 0.1) is 23.8 Å². The van der Waals surface area contributed by atoms with E-state index in [0.29, 0.717) is 6.61 Å². The molecule has 3 rings (SSSR count). The van der Waals surface area contributed by atoms with E-state index >= 15 is 0 Å². The molecule has 1 aromatic carbocycles. The lowest BCUT2D eigenvalue weighted by Gasteiger charge is -2.30. The zero-order valence-corrected chi connectivity index (χ0v) is 17.1. The maximum absolute atomic E-state index is 11.2. The van der Waals surface area contributed by atoms with Gasteiger partial charge in [-0.05, 0) is 26.8 Å². The lowest BCUT2D eigenvalue weighted by molar-refractivity contribution is -0.285. The number of anilines is 1. The van der Waals surface area contributed by atoms with Crippen molar-refractivity contribution in [2.75, 3.05) is 18.5 Å². The Kier molecular flexibility index (Phi) is 5.98. The molecule has 5 N–H and O–H groups in total. The Labute approximate surface area is 171 Å². The van der Waals surface area contributed by atoms with E-state index in [1.165, 1.54) is 10.6 Å². The SMILES string of the molecule is CCOc1c(Cl)c(Cl)cc2c1nc(NC(C)C)n2[C@]1(O)O[C@@H](CO)[C@H](O)[C@@H]1O. The molecular weight excluding hydrogens is 413 g/mol. The lowest BCUT2D eigenvalue weighted by atomic mass is 10.1. The summed E-state index contributed by atoms with van der Waals surface area (Å²) in [5.74, 6) is -2.07. The molecule has 28 heavy (non-hydrogen) atoms. The lowest BCUT2D eigenvalue weighted by Crippen LogP contribution is -2.46. The average molecular weight is 436 g/mol. The monoisotopic (exact) mass is 435 g/mol. The van der Waals surface area contributed by atoms with E-state index in [4.69, 9.17) is 32.7 Å². The number of halogens is 2. The summed E-state index contributed by atoms with van der Waals surface area (Å²) in [5, 5.41) is 44.6. The number of hydrogen-bond donors (Lipinski definition) is 5. The minimum absolute atomic E-state index is 0.0993. The normalized spacial score (nSPS) is 27.7. The van der Waals surface area contributed by atoms with E-state index < -0.39 is 30.8 Å². The van der Waals surface area contributed by atoms with Crippen molar-refractivity contribution in [2.24, 2.45) is 0 Å². The van der Waals surface area contributed by atoms with E-state index in [-0.39, 0.29) is 38.8 Å². The van der Waals surface area contributed by atoms with Crippen LogP contribution in [0.1, 0.15) is 20.8 Å². The highest BCUT2D eigenvalue weighted by Gasteiger charge is 2.56. The predicted octanol–water partition coefficient (Wildman–Crippen LogP) is 1.28. The molecule has 0 saturated carbocycles. The minimum atomic E-state index is -2.42. The summed E-state index contributed by atoms with van der Waals surface area (Å²) in [6.45, 7) is 5.18. The smallest absolute Gasteiger partial charge is 0.286 e. The molecule has 1 aliphatic rings. The van der Waals surface area contributed by atoms with Crippen molar-refractivity contribution >= 4 is 40.2 Å². The predicted molar refractivity (Wildman–Crippen MR) is 104 cm³/mol. The molecule has 4 atom stereocenters. The van der Waals surface area contributed by atoms with E-state index in [1.807, 2.05) is 13.8 Å². The van der Waals surface area contributed by atoms with Crippen LogP contribution in [0, 0.1) is 0 Å². The maximum Gasteiger partial charge on any atom is 0.286 e. The molecule has 156 valence electrons. The second-order valence-electron chi connectivity index (χ2n) is 6.81. The van der Waals surface area contributed by atoms with E-state index in [0.717, 1.165) is 0 Å². The number of aliphatic hydroxyl groups excluding tert-OH is 3. The molecule has 2 aromatic rings. The summed E-state index contributed by atoms with van der Waals surface area (Å²) in [4.78, 5) is 4.46. The molecule has 0 unspecified atom stereocenters. The van der Waals surface area contributed by atoms with Gasteiger partial charge in [-0.25, -0.2) is 4.98 Å². The van der Waals surface area contributed by atoms with E-state index in [9.17, 15) is 20.4 Å². The highest BCUT2D eigenvalue weighted by Crippen LogP contribution is 2.44. The third-order valence-electron chi connectivity index (χ3n) is 4.42. The number of rotatable bonds is 6. The third-order valence-corrected chi connectivity index (χ3v) is 5.19. The van der Waals surface area contributed by atoms with Crippen LogP contribution in [0.4, 0.5) is 5.95 Å². The molecule has 9 nitrogen and oxygen atoms in total. The Hall–Kier alpha value is -1.33. The summed E-state index contributed by atoms with van der Waals surface area (Å²) in [5.41, 5.74) is 0.541. The van der Waals surface area contributed by atoms with Crippen molar-refractivity contribution in [2.45, 2.75) is 51.0 Å². The highest BCUT2D eigenvalue weighted by molar-refractivity contribution is 6.44. The zero-order chi connectivity index (χ0) is 20.8. The number of fused-ring (bicyclic) bond motifs is 1. The van der Waals surface area contributed by atoms with Gasteiger partial charge >= 0.3 is 0 Å². The number of nitrogens with zero attached hydrogens (tertiary/aromatic N) is 2. The fourth-order valence-corrected chi connectivity index (χ4v) is 3.59. The number of aliphatic hydroxyl groups is 4. The van der Waals surface area contributed by atoms with E-state index in [1.54, 1.807) is 6.92 Å². The van der Waals surface area contributed by atoms with Crippen molar-refractivity contribution in [3.8, 4) is 5.75 Å². The fourth-order valence-electron chi connectivity index (χ4n) is 3.20. The van der Waals surface area contributed by atoms with Crippen LogP contribution < -0.4 is 10.1 Å². The summed E-state index contributed by atoms with van der Waals surface area (Å²) in [6.07, 6.45) is -4.48. The molecule has 0 aliphatic carbocycles. The van der Waals surface area contributed by atoms with Crippen LogP contribution >= 0.6 is 23.2 Å². The fraction of sp³-hybridized carbons (Fsp3) is 0.588. The standard InChI is InChI=1S/C17H23Cl2N3O6/c1-4-27-14-11(19)8(18)5-9-12(14)21-16(20-7(2)3)22(9)17(26)15(25)13(24)10(6-23)28-17/h5,7,10,13,15,23-26H,4,6H2,1-3H3,(H,20,21)/t10-,13-,15-,17+/m0/s1. The molecule has 0 spiro atoms. The van der Waals surface area contributed by atoms with Gasteiger partial charge in [0, 0.05) is 6.04 Å². The van der Waals surface area contributed by atoms with Gasteiger partial charge in [-0.15, -0.1) is 0 Å². The maximum atomic E-state index is 11.2. The number of imidazole rings is 1. The van der Waals surface area contributed by atoms with Crippen molar-refractivity contribution in [3.05, 3.63) is 16.1 Å². The quantitative estimate of drug-likeness (QED) is 0.458. The Morgan fingerprint density at radius 3 is 2.61 bits per heavy atom. The Morgan fingerprint density at radius 1 is 1.39 bits per heavy atom. The van der Waals surface area contributed by atoms with Gasteiger partial charge in [0.15, 0.2) is 11.9 Å². The number of hydrogen-bond acceptors (Lipinski definition) is 8. The van der Waals surface area contributed by atoms with Crippen molar-refractivity contribution < 1.29 is 29.9 Å². The second kappa shape index (κ2) is 7.83. The number of aromatic nitrogens is 2. The van der Waals surface area contributed by atoms with Crippen LogP contribution in [0.3, 0.4) is 0 Å². The van der Waals surface area contributed by atoms with Gasteiger partial charge in [0.25, 0.3) is 5.91 Å². The van der Waals surface area contributed by atoms with Crippen LogP contribution in [0.25, 0.3) is 11.0 Å². The average Bonchev–Trinajstić information content (AvgIpc) is 3.09. The van der Waals surface area contributed by atoms with Gasteiger partial charge in [-0.3, -0.25) is 4.57 Å². The molecule has 11 heteroatoms. The van der Waals surface area contributed by atoms with Crippen LogP contribution in [0.15, 0.2) is 6.07 Å². The second-order valence-corrected chi connectivity index (χ2v) is 7.59. The number of benzene rings is 1. The molecule has 0 amide bonds. The van der Waals surface area contributed by atoms with Crippen molar-refractivity contribution in [1.82, 2.24) is 9.55 Å². The largest absolute Gasteiger partial charge is 0.490 e. The Bertz CT molecular complexity index is 876. The molecule has 1 aliphatic heterocycles. The van der Waals surface area contributed by atoms with Crippen molar-refractivity contribution in [1.29, 1.82) is 0 Å². The third kappa shape index (κ3) is 3.30. The minimum Gasteiger partial charge on any atom is -0.490 e. The van der Waals surface area contributed by atoms with Crippen molar-refractivity contribution in [3.63, 3.8) is 0 Å². The van der Waals surface area contributed by atoms with Gasteiger partial charge < -0.3 is 35.2 Å². The van der Waals surface area contributed by atoms with Crippen LogP contribution in [0.2, 0.25) is 10.0 Å². The zero-order valence-electron chi connectivity index (χ0n) is 15.6. The summed E-state index contributed by atoms with van der Waals surface area (Å²) in [6, 6.07) is 1.35. The first-order chi connectivity index (χ1) is 13.2. The molecule has 0 bridgehead atoms. The van der Waals surface area contributed by atoms with Gasteiger partial charge in [-0.1, -0.05) is 23.2 Å². The first-order valence-electron chi connectivity index (χ1n) is 8.83. The summed E-state index contributed by atoms with van der Waals surface area (Å²) >= 11 is 12.5. The first-order valence-corrected chi connectivity index (χ1v) is 9.58. The first kappa shape index (κ1) is 21.4. The number of ether oxygens (including phenoxy) is 2. The van der Waals surface area contributed by atoms with E-state index in [2.05, 4.69) is 10.3 Å². The van der Waals surface area contributed by atoms with Gasteiger partial charge in [0.1, 0.15) is 22.7 Å². The van der Waals surface area contributed by atoms with Gasteiger partial charge in [-0.2, -0.15) is 0 Å². The number of nitrogens with one attached hydrogen (secondary N) is 1. The molecule has 0 radical (unpaired) electrons. The topological polar surface area (TPSA) is 129 Å². The molecule has 2 heterocycles. The molecule has 1 saturated heterocycles. The molecular formula is C17H23Cl2N3O6. The van der Waals surface area contributed by atoms with Crippen LogP contribution in [-0.2, 0) is 10.6 Å².